The number of hydrogen-bond donors (Lipinski definition) is 1. The first-order valence-electron chi connectivity index (χ1n) is 17.2. The molecule has 1 saturated heterocycles. The third kappa shape index (κ3) is 8.58. The average Bonchev–Trinajstić information content (AvgIpc) is 3.94. The summed E-state index contributed by atoms with van der Waals surface area (Å²) in [6.07, 6.45) is 9.63. The number of anilines is 2. The van der Waals surface area contributed by atoms with Crippen LogP contribution in [0.2, 0.25) is 0 Å². The van der Waals surface area contributed by atoms with E-state index in [0.717, 1.165) is 92.3 Å². The Hall–Kier alpha value is -3.65. The highest BCUT2D eigenvalue weighted by Crippen LogP contribution is 2.39. The highest BCUT2D eigenvalue weighted by molar-refractivity contribution is 6.07. The molecule has 0 atom stereocenters. The summed E-state index contributed by atoms with van der Waals surface area (Å²) >= 11 is 0. The van der Waals surface area contributed by atoms with Gasteiger partial charge in [-0.1, -0.05) is 43.7 Å². The van der Waals surface area contributed by atoms with Gasteiger partial charge in [0.1, 0.15) is 12.4 Å². The van der Waals surface area contributed by atoms with Gasteiger partial charge in [0.2, 0.25) is 0 Å². The van der Waals surface area contributed by atoms with Crippen molar-refractivity contribution in [3.63, 3.8) is 0 Å². The summed E-state index contributed by atoms with van der Waals surface area (Å²) < 4.78 is 17.0. The Bertz CT molecular complexity index is 1460. The second-order valence-electron chi connectivity index (χ2n) is 12.9. The van der Waals surface area contributed by atoms with Gasteiger partial charge in [-0.15, -0.1) is 0 Å². The van der Waals surface area contributed by atoms with Crippen molar-refractivity contribution in [1.29, 1.82) is 0 Å². The Labute approximate surface area is 274 Å². The van der Waals surface area contributed by atoms with Crippen molar-refractivity contribution in [1.82, 2.24) is 4.90 Å². The summed E-state index contributed by atoms with van der Waals surface area (Å²) in [5.74, 6) is 0.817. The van der Waals surface area contributed by atoms with Crippen LogP contribution in [0.1, 0.15) is 63.0 Å². The number of carbonyl (C=O) groups is 1. The molecule has 7 nitrogen and oxygen atoms in total. The van der Waals surface area contributed by atoms with Crippen molar-refractivity contribution in [2.24, 2.45) is 0 Å². The van der Waals surface area contributed by atoms with Gasteiger partial charge in [-0.3, -0.25) is 9.69 Å². The molecule has 0 aromatic heterocycles. The van der Waals surface area contributed by atoms with E-state index in [-0.39, 0.29) is 5.91 Å². The Kier molecular flexibility index (Phi) is 11.1. The lowest BCUT2D eigenvalue weighted by Crippen LogP contribution is -2.36. The molecule has 0 spiro atoms. The van der Waals surface area contributed by atoms with E-state index in [0.29, 0.717) is 31.7 Å². The molecule has 3 aromatic rings. The van der Waals surface area contributed by atoms with Crippen LogP contribution in [0, 0.1) is 0 Å². The van der Waals surface area contributed by atoms with Crippen molar-refractivity contribution in [3.8, 4) is 16.9 Å². The standard InChI is InChI=1S/C39H49N3O4/c1-3-4-21-44-24-25-46-37-14-7-30(8-15-37)31-9-16-38-33(26-31)27-32(17-20-42(38)36-12-13-36)39(43)40-34-10-5-29(6-11-34)28-41(2)35-18-22-45-23-19-35/h5-11,14-16,26-27,35-36H,3-4,12-13,17-25,28H2,1-2H3,(H,40,43). The SMILES string of the molecule is CCCCOCCOc1ccc(-c2ccc3c(c2)C=C(C(=O)Nc2ccc(CN(C)C4CCOCC4)cc2)CCN3C2CC2)cc1. The normalized spacial score (nSPS) is 16.9. The first-order valence-corrected chi connectivity index (χ1v) is 17.2. The Balaban J connectivity index is 1.11. The smallest absolute Gasteiger partial charge is 0.251 e. The summed E-state index contributed by atoms with van der Waals surface area (Å²) in [6, 6.07) is 24.3. The van der Waals surface area contributed by atoms with E-state index in [9.17, 15) is 4.79 Å². The third-order valence-electron chi connectivity index (χ3n) is 9.35. The summed E-state index contributed by atoms with van der Waals surface area (Å²) in [4.78, 5) is 18.5. The molecule has 244 valence electrons. The average molecular weight is 624 g/mol. The van der Waals surface area contributed by atoms with E-state index in [1.54, 1.807) is 0 Å². The van der Waals surface area contributed by atoms with Crippen LogP contribution in [0.25, 0.3) is 17.2 Å². The Morgan fingerprint density at radius 1 is 0.935 bits per heavy atom. The zero-order chi connectivity index (χ0) is 31.7. The van der Waals surface area contributed by atoms with Gasteiger partial charge in [0, 0.05) is 61.9 Å². The van der Waals surface area contributed by atoms with Crippen LogP contribution < -0.4 is 15.0 Å². The van der Waals surface area contributed by atoms with Crippen molar-refractivity contribution < 1.29 is 19.0 Å². The molecule has 2 aliphatic heterocycles. The van der Waals surface area contributed by atoms with Crippen molar-refractivity contribution in [2.75, 3.05) is 56.8 Å². The summed E-state index contributed by atoms with van der Waals surface area (Å²) in [7, 11) is 2.19. The van der Waals surface area contributed by atoms with E-state index in [1.807, 2.05) is 24.3 Å². The number of ether oxygens (including phenoxy) is 3. The number of benzene rings is 3. The van der Waals surface area contributed by atoms with E-state index in [4.69, 9.17) is 14.2 Å². The molecule has 1 saturated carbocycles. The number of hydrogen-bond acceptors (Lipinski definition) is 6. The van der Waals surface area contributed by atoms with Crippen molar-refractivity contribution in [3.05, 3.63) is 83.4 Å². The van der Waals surface area contributed by atoms with Gasteiger partial charge in [-0.2, -0.15) is 0 Å². The largest absolute Gasteiger partial charge is 0.491 e. The Morgan fingerprint density at radius 3 is 2.43 bits per heavy atom. The zero-order valence-corrected chi connectivity index (χ0v) is 27.5. The third-order valence-corrected chi connectivity index (χ3v) is 9.35. The van der Waals surface area contributed by atoms with E-state index < -0.39 is 0 Å². The van der Waals surface area contributed by atoms with Gasteiger partial charge in [0.25, 0.3) is 5.91 Å². The number of rotatable bonds is 14. The molecule has 3 aromatic carbocycles. The van der Waals surface area contributed by atoms with Crippen LogP contribution >= 0.6 is 0 Å². The number of nitrogens with zero attached hydrogens (tertiary/aromatic N) is 2. The molecule has 2 heterocycles. The van der Waals surface area contributed by atoms with Crippen LogP contribution in [-0.4, -0.2) is 69.5 Å². The summed E-state index contributed by atoms with van der Waals surface area (Å²) in [5, 5.41) is 3.18. The molecule has 1 N–H and O–H groups in total. The molecule has 7 heteroatoms. The van der Waals surface area contributed by atoms with Gasteiger partial charge < -0.3 is 24.4 Å². The van der Waals surface area contributed by atoms with E-state index in [1.165, 1.54) is 24.1 Å². The molecular formula is C39H49N3O4. The molecule has 1 aliphatic carbocycles. The second kappa shape index (κ2) is 15.8. The number of nitrogens with one attached hydrogen (secondary N) is 1. The molecule has 0 radical (unpaired) electrons. The lowest BCUT2D eigenvalue weighted by Gasteiger charge is -2.31. The fourth-order valence-corrected chi connectivity index (χ4v) is 6.44. The van der Waals surface area contributed by atoms with Gasteiger partial charge in [0.15, 0.2) is 0 Å². The minimum absolute atomic E-state index is 0.0266. The molecule has 46 heavy (non-hydrogen) atoms. The fraction of sp³-hybridized carbons (Fsp3) is 0.462. The molecular weight excluding hydrogens is 574 g/mol. The van der Waals surface area contributed by atoms with Gasteiger partial charge >= 0.3 is 0 Å². The van der Waals surface area contributed by atoms with Gasteiger partial charge in [0.05, 0.1) is 6.61 Å². The van der Waals surface area contributed by atoms with E-state index in [2.05, 4.69) is 77.6 Å². The second-order valence-corrected chi connectivity index (χ2v) is 12.9. The maximum absolute atomic E-state index is 13.6. The van der Waals surface area contributed by atoms with Crippen molar-refractivity contribution in [2.45, 2.75) is 70.5 Å². The number of fused-ring (bicyclic) bond motifs is 1. The monoisotopic (exact) mass is 623 g/mol. The molecule has 2 fully saturated rings. The number of amides is 1. The predicted molar refractivity (Wildman–Crippen MR) is 186 cm³/mol. The topological polar surface area (TPSA) is 63.3 Å². The zero-order valence-electron chi connectivity index (χ0n) is 27.5. The van der Waals surface area contributed by atoms with Crippen LogP contribution in [0.4, 0.5) is 11.4 Å². The van der Waals surface area contributed by atoms with Gasteiger partial charge in [-0.25, -0.2) is 0 Å². The Morgan fingerprint density at radius 2 is 1.70 bits per heavy atom. The summed E-state index contributed by atoms with van der Waals surface area (Å²) in [6.45, 7) is 7.53. The molecule has 0 unspecified atom stereocenters. The first kappa shape index (κ1) is 32.3. The highest BCUT2D eigenvalue weighted by atomic mass is 16.5. The lowest BCUT2D eigenvalue weighted by molar-refractivity contribution is -0.112. The highest BCUT2D eigenvalue weighted by Gasteiger charge is 2.32. The number of unbranched alkanes of at least 4 members (excludes halogenated alkanes) is 1. The van der Waals surface area contributed by atoms with Crippen LogP contribution in [-0.2, 0) is 20.8 Å². The molecule has 3 aliphatic rings. The minimum atomic E-state index is -0.0266. The van der Waals surface area contributed by atoms with Crippen LogP contribution in [0.15, 0.2) is 72.3 Å². The van der Waals surface area contributed by atoms with Crippen LogP contribution in [0.5, 0.6) is 5.75 Å². The molecule has 6 rings (SSSR count). The quantitative estimate of drug-likeness (QED) is 0.187. The minimum Gasteiger partial charge on any atom is -0.491 e. The number of carbonyl (C=O) groups excluding carboxylic acids is 1. The molecule has 0 bridgehead atoms. The van der Waals surface area contributed by atoms with E-state index >= 15 is 0 Å². The predicted octanol–water partition coefficient (Wildman–Crippen LogP) is 7.55. The maximum Gasteiger partial charge on any atom is 0.251 e. The van der Waals surface area contributed by atoms with Crippen LogP contribution in [0.3, 0.4) is 0 Å². The molecule has 1 amide bonds. The maximum atomic E-state index is 13.6. The lowest BCUT2D eigenvalue weighted by atomic mass is 10.00. The van der Waals surface area contributed by atoms with Crippen molar-refractivity contribution >= 4 is 23.4 Å². The fourth-order valence-electron chi connectivity index (χ4n) is 6.44. The summed E-state index contributed by atoms with van der Waals surface area (Å²) in [5.41, 5.74) is 7.46. The first-order chi connectivity index (χ1) is 22.6. The van der Waals surface area contributed by atoms with Gasteiger partial charge in [-0.05, 0) is 110 Å².